The van der Waals surface area contributed by atoms with Crippen molar-refractivity contribution in [3.8, 4) is 11.1 Å². The fourth-order valence-corrected chi connectivity index (χ4v) is 3.56. The molecule has 0 radical (unpaired) electrons. The van der Waals surface area contributed by atoms with Gasteiger partial charge >= 0.3 is 5.97 Å². The van der Waals surface area contributed by atoms with E-state index in [0.29, 0.717) is 23.0 Å². The quantitative estimate of drug-likeness (QED) is 0.340. The van der Waals surface area contributed by atoms with E-state index in [2.05, 4.69) is 20.7 Å². The lowest BCUT2D eigenvalue weighted by Crippen LogP contribution is -2.40. The maximum absolute atomic E-state index is 12.8. The Kier molecular flexibility index (Phi) is 6.23. The van der Waals surface area contributed by atoms with Crippen molar-refractivity contribution < 1.29 is 19.8 Å². The van der Waals surface area contributed by atoms with Gasteiger partial charge in [0.15, 0.2) is 6.10 Å². The molecule has 0 spiro atoms. The number of benzene rings is 3. The first kappa shape index (κ1) is 21.2. The van der Waals surface area contributed by atoms with Crippen LogP contribution in [0, 0.1) is 0 Å². The van der Waals surface area contributed by atoms with Gasteiger partial charge in [0.25, 0.3) is 5.91 Å². The van der Waals surface area contributed by atoms with E-state index in [0.717, 1.165) is 16.7 Å². The van der Waals surface area contributed by atoms with Gasteiger partial charge in [-0.1, -0.05) is 54.6 Å². The van der Waals surface area contributed by atoms with Gasteiger partial charge in [-0.05, 0) is 41.3 Å². The molecular formula is C24H22N4O4. The van der Waals surface area contributed by atoms with Gasteiger partial charge in [0.2, 0.25) is 0 Å². The van der Waals surface area contributed by atoms with E-state index in [9.17, 15) is 14.7 Å². The van der Waals surface area contributed by atoms with E-state index in [1.165, 1.54) is 0 Å². The number of amides is 1. The first-order chi connectivity index (χ1) is 15.5. The Hall–Kier alpha value is -4.04. The molecule has 1 amide bonds. The van der Waals surface area contributed by atoms with Gasteiger partial charge in [-0.2, -0.15) is 15.4 Å². The smallest absolute Gasteiger partial charge is 0.332 e. The number of aromatic amines is 1. The van der Waals surface area contributed by atoms with E-state index in [4.69, 9.17) is 5.11 Å². The summed E-state index contributed by atoms with van der Waals surface area (Å²) < 4.78 is 0. The van der Waals surface area contributed by atoms with Gasteiger partial charge in [-0.15, -0.1) is 0 Å². The highest BCUT2D eigenvalue weighted by atomic mass is 16.4. The van der Waals surface area contributed by atoms with Crippen molar-refractivity contribution in [2.24, 2.45) is 0 Å². The normalized spacial score (nSPS) is 12.9. The van der Waals surface area contributed by atoms with Crippen LogP contribution in [0.4, 0.5) is 0 Å². The fourth-order valence-electron chi connectivity index (χ4n) is 3.56. The third-order valence-electron chi connectivity index (χ3n) is 5.25. The number of aliphatic carboxylic acids is 1. The summed E-state index contributed by atoms with van der Waals surface area (Å²) in [5.41, 5.74) is 4.63. The van der Waals surface area contributed by atoms with Crippen molar-refractivity contribution >= 4 is 22.9 Å². The second-order valence-corrected chi connectivity index (χ2v) is 7.55. The number of aromatic nitrogens is 3. The molecule has 1 heterocycles. The molecule has 162 valence electrons. The second-order valence-electron chi connectivity index (χ2n) is 7.55. The number of carbonyl (C=O) groups excluding carboxylic acids is 1. The predicted octanol–water partition coefficient (Wildman–Crippen LogP) is 2.80. The Balaban J connectivity index is 1.50. The molecule has 8 nitrogen and oxygen atoms in total. The Labute approximate surface area is 183 Å². The van der Waals surface area contributed by atoms with Crippen molar-refractivity contribution in [1.29, 1.82) is 0 Å². The third kappa shape index (κ3) is 4.98. The minimum atomic E-state index is -1.58. The SMILES string of the molecule is O=C(NC(Cc1ccc(-c2ccccc2)cc1)CC(O)C(=O)O)c1ccc2n[nH]nc2c1. The van der Waals surface area contributed by atoms with Crippen LogP contribution >= 0.6 is 0 Å². The van der Waals surface area contributed by atoms with E-state index < -0.39 is 18.1 Å². The number of aliphatic hydroxyl groups excluding tert-OH is 1. The van der Waals surface area contributed by atoms with Crippen LogP contribution in [0.2, 0.25) is 0 Å². The topological polar surface area (TPSA) is 128 Å². The number of carboxylic acid groups (broad SMARTS) is 1. The van der Waals surface area contributed by atoms with Crippen molar-refractivity contribution in [2.75, 3.05) is 0 Å². The summed E-state index contributed by atoms with van der Waals surface area (Å²) in [5, 5.41) is 32.3. The maximum Gasteiger partial charge on any atom is 0.332 e. The standard InChI is InChI=1S/C24H22N4O4/c29-22(24(31)32)14-19(25-23(30)18-10-11-20-21(13-18)27-28-26-20)12-15-6-8-17(9-7-15)16-4-2-1-3-5-16/h1-11,13,19,22,29H,12,14H2,(H,25,30)(H,31,32)(H,26,27,28). The van der Waals surface area contributed by atoms with Gasteiger partial charge in [-0.3, -0.25) is 4.79 Å². The molecule has 8 heteroatoms. The van der Waals surface area contributed by atoms with E-state index in [1.54, 1.807) is 18.2 Å². The Morgan fingerprint density at radius 1 is 0.906 bits per heavy atom. The van der Waals surface area contributed by atoms with Crippen LogP contribution in [-0.2, 0) is 11.2 Å². The minimum absolute atomic E-state index is 0.117. The summed E-state index contributed by atoms with van der Waals surface area (Å²) in [6.07, 6.45) is -1.33. The summed E-state index contributed by atoms with van der Waals surface area (Å²) >= 11 is 0. The highest BCUT2D eigenvalue weighted by Crippen LogP contribution is 2.20. The molecule has 2 unspecified atom stereocenters. The molecule has 4 N–H and O–H groups in total. The zero-order valence-corrected chi connectivity index (χ0v) is 17.1. The number of carbonyl (C=O) groups is 2. The summed E-state index contributed by atoms with van der Waals surface area (Å²) in [6, 6.07) is 22.1. The molecule has 2 atom stereocenters. The van der Waals surface area contributed by atoms with Crippen LogP contribution in [0.5, 0.6) is 0 Å². The number of aliphatic hydroxyl groups is 1. The van der Waals surface area contributed by atoms with Crippen LogP contribution in [0.15, 0.2) is 72.8 Å². The molecule has 0 fully saturated rings. The molecule has 0 bridgehead atoms. The number of rotatable bonds is 8. The second kappa shape index (κ2) is 9.40. The Morgan fingerprint density at radius 3 is 2.31 bits per heavy atom. The number of carboxylic acids is 1. The lowest BCUT2D eigenvalue weighted by atomic mass is 9.97. The molecule has 4 rings (SSSR count). The molecular weight excluding hydrogens is 408 g/mol. The van der Waals surface area contributed by atoms with E-state index >= 15 is 0 Å². The lowest BCUT2D eigenvalue weighted by molar-refractivity contribution is -0.147. The number of hydrogen-bond donors (Lipinski definition) is 4. The van der Waals surface area contributed by atoms with Crippen LogP contribution in [0.3, 0.4) is 0 Å². The average molecular weight is 430 g/mol. The number of fused-ring (bicyclic) bond motifs is 1. The van der Waals surface area contributed by atoms with Crippen molar-refractivity contribution in [3.63, 3.8) is 0 Å². The Bertz CT molecular complexity index is 1220. The predicted molar refractivity (Wildman–Crippen MR) is 119 cm³/mol. The fraction of sp³-hybridized carbons (Fsp3) is 0.167. The van der Waals surface area contributed by atoms with Crippen LogP contribution in [0.1, 0.15) is 22.3 Å². The number of nitrogens with zero attached hydrogens (tertiary/aromatic N) is 2. The van der Waals surface area contributed by atoms with E-state index in [1.807, 2.05) is 54.6 Å². The van der Waals surface area contributed by atoms with Crippen molar-refractivity contribution in [3.05, 3.63) is 83.9 Å². The molecule has 0 saturated heterocycles. The first-order valence-electron chi connectivity index (χ1n) is 10.2. The Morgan fingerprint density at radius 2 is 1.59 bits per heavy atom. The number of nitrogens with one attached hydrogen (secondary N) is 2. The molecule has 0 aliphatic heterocycles. The van der Waals surface area contributed by atoms with Gasteiger partial charge in [0.05, 0.1) is 0 Å². The van der Waals surface area contributed by atoms with Gasteiger partial charge in [0, 0.05) is 18.0 Å². The molecule has 3 aromatic carbocycles. The maximum atomic E-state index is 12.8. The van der Waals surface area contributed by atoms with Gasteiger partial charge < -0.3 is 15.5 Å². The molecule has 1 aromatic heterocycles. The number of H-pyrrole nitrogens is 1. The zero-order valence-electron chi connectivity index (χ0n) is 17.1. The minimum Gasteiger partial charge on any atom is -0.479 e. The summed E-state index contributed by atoms with van der Waals surface area (Å²) in [6.45, 7) is 0. The monoisotopic (exact) mass is 430 g/mol. The van der Waals surface area contributed by atoms with Gasteiger partial charge in [-0.25, -0.2) is 4.79 Å². The van der Waals surface area contributed by atoms with Gasteiger partial charge in [0.1, 0.15) is 11.0 Å². The molecule has 32 heavy (non-hydrogen) atoms. The lowest BCUT2D eigenvalue weighted by Gasteiger charge is -2.20. The summed E-state index contributed by atoms with van der Waals surface area (Å²) in [7, 11) is 0. The zero-order chi connectivity index (χ0) is 22.5. The number of hydrogen-bond acceptors (Lipinski definition) is 5. The van der Waals surface area contributed by atoms with Crippen molar-refractivity contribution in [1.82, 2.24) is 20.7 Å². The molecule has 4 aromatic rings. The van der Waals surface area contributed by atoms with Crippen molar-refractivity contribution in [2.45, 2.75) is 25.0 Å². The highest BCUT2D eigenvalue weighted by Gasteiger charge is 2.23. The summed E-state index contributed by atoms with van der Waals surface area (Å²) in [4.78, 5) is 24.0. The van der Waals surface area contributed by atoms with E-state index in [-0.39, 0.29) is 12.3 Å². The third-order valence-corrected chi connectivity index (χ3v) is 5.25. The van der Waals surface area contributed by atoms with Crippen LogP contribution in [0.25, 0.3) is 22.2 Å². The average Bonchev–Trinajstić information content (AvgIpc) is 3.28. The molecule has 0 saturated carbocycles. The molecule has 0 aliphatic rings. The first-order valence-corrected chi connectivity index (χ1v) is 10.2. The summed E-state index contributed by atoms with van der Waals surface area (Å²) in [5.74, 6) is -1.70. The molecule has 0 aliphatic carbocycles. The van der Waals surface area contributed by atoms with Crippen LogP contribution in [-0.4, -0.2) is 49.6 Å². The largest absolute Gasteiger partial charge is 0.479 e. The van der Waals surface area contributed by atoms with Crippen LogP contribution < -0.4 is 5.32 Å². The highest BCUT2D eigenvalue weighted by molar-refractivity contribution is 5.97.